The molecule has 0 radical (unpaired) electrons. The van der Waals surface area contributed by atoms with Crippen molar-refractivity contribution in [1.29, 1.82) is 5.26 Å². The Morgan fingerprint density at radius 2 is 1.54 bits per heavy atom. The van der Waals surface area contributed by atoms with E-state index in [0.29, 0.717) is 11.1 Å². The molecule has 4 rings (SSSR count). The number of amides is 3. The van der Waals surface area contributed by atoms with Crippen molar-refractivity contribution in [3.63, 3.8) is 0 Å². The van der Waals surface area contributed by atoms with Crippen LogP contribution in [0.25, 0.3) is 0 Å². The van der Waals surface area contributed by atoms with E-state index in [2.05, 4.69) is 21.2 Å². The molecular weight excluding hydrogens is 538 g/mol. The quantitative estimate of drug-likeness (QED) is 0.133. The predicted molar refractivity (Wildman–Crippen MR) is 146 cm³/mol. The highest BCUT2D eigenvalue weighted by molar-refractivity contribution is 6.04. The summed E-state index contributed by atoms with van der Waals surface area (Å²) in [5.41, 5.74) is 3.14. The van der Waals surface area contributed by atoms with Crippen LogP contribution in [0.5, 0.6) is 0 Å². The van der Waals surface area contributed by atoms with E-state index >= 15 is 0 Å². The number of nitrogens with zero attached hydrogens (tertiary/aromatic N) is 2. The molecule has 7 nitrogen and oxygen atoms in total. The maximum Gasteiger partial charge on any atom is 0.416 e. The zero-order valence-electron chi connectivity index (χ0n) is 21.2. The number of para-hydroxylation sites is 1. The molecule has 0 fully saturated rings. The molecule has 0 atom stereocenters. The number of benzene rings is 4. The molecule has 206 valence electrons. The Kier molecular flexibility index (Phi) is 8.74. The SMILES string of the molecule is N#Cc1ccc(C/C(=N/NC(=O)c2cccc(NC(=O)Nc3ccccc3F)c2)c2cccc(C(F)(F)F)c2)cc1. The van der Waals surface area contributed by atoms with Crippen LogP contribution in [0.15, 0.2) is 102 Å². The van der Waals surface area contributed by atoms with Gasteiger partial charge in [-0.15, -0.1) is 0 Å². The van der Waals surface area contributed by atoms with Crippen LogP contribution in [-0.4, -0.2) is 17.6 Å². The molecular formula is C30H21F4N5O2. The van der Waals surface area contributed by atoms with Crippen LogP contribution in [0.3, 0.4) is 0 Å². The highest BCUT2D eigenvalue weighted by Crippen LogP contribution is 2.30. The molecule has 41 heavy (non-hydrogen) atoms. The lowest BCUT2D eigenvalue weighted by molar-refractivity contribution is -0.137. The lowest BCUT2D eigenvalue weighted by Crippen LogP contribution is -2.22. The first-order chi connectivity index (χ1) is 19.6. The van der Waals surface area contributed by atoms with Crippen LogP contribution in [0.1, 0.15) is 32.6 Å². The number of hydrogen-bond acceptors (Lipinski definition) is 4. The number of nitriles is 1. The van der Waals surface area contributed by atoms with Crippen molar-refractivity contribution in [2.24, 2.45) is 5.10 Å². The normalized spacial score (nSPS) is 11.3. The molecule has 3 amide bonds. The van der Waals surface area contributed by atoms with Gasteiger partial charge in [-0.2, -0.15) is 23.5 Å². The van der Waals surface area contributed by atoms with Crippen molar-refractivity contribution in [3.8, 4) is 6.07 Å². The van der Waals surface area contributed by atoms with Gasteiger partial charge in [-0.25, -0.2) is 14.6 Å². The van der Waals surface area contributed by atoms with Gasteiger partial charge in [0.05, 0.1) is 28.6 Å². The molecule has 11 heteroatoms. The number of alkyl halides is 3. The molecule has 0 unspecified atom stereocenters. The molecule has 0 aliphatic heterocycles. The highest BCUT2D eigenvalue weighted by atomic mass is 19.4. The zero-order chi connectivity index (χ0) is 29.4. The minimum Gasteiger partial charge on any atom is -0.308 e. The van der Waals surface area contributed by atoms with Crippen molar-refractivity contribution in [1.82, 2.24) is 5.43 Å². The van der Waals surface area contributed by atoms with E-state index in [-0.39, 0.29) is 34.6 Å². The molecule has 4 aromatic rings. The first kappa shape index (κ1) is 28.5. The number of hydrogen-bond donors (Lipinski definition) is 3. The number of halogens is 4. The second kappa shape index (κ2) is 12.6. The number of anilines is 2. The van der Waals surface area contributed by atoms with Crippen molar-refractivity contribution < 1.29 is 27.2 Å². The molecule has 0 spiro atoms. The number of urea groups is 1. The van der Waals surface area contributed by atoms with Gasteiger partial charge in [-0.05, 0) is 65.7 Å². The molecule has 0 heterocycles. The summed E-state index contributed by atoms with van der Waals surface area (Å²) in [6.07, 6.45) is -4.52. The minimum atomic E-state index is -4.58. The van der Waals surface area contributed by atoms with Crippen LogP contribution in [0.2, 0.25) is 0 Å². The van der Waals surface area contributed by atoms with E-state index < -0.39 is 29.5 Å². The van der Waals surface area contributed by atoms with Crippen molar-refractivity contribution in [2.75, 3.05) is 10.6 Å². The Balaban J connectivity index is 1.54. The average molecular weight is 560 g/mol. The molecule has 0 aromatic heterocycles. The molecule has 4 aromatic carbocycles. The molecule has 0 aliphatic rings. The minimum absolute atomic E-state index is 0.0300. The van der Waals surface area contributed by atoms with Crippen LogP contribution >= 0.6 is 0 Å². The highest BCUT2D eigenvalue weighted by Gasteiger charge is 2.30. The lowest BCUT2D eigenvalue weighted by Gasteiger charge is -2.12. The second-order valence-electron chi connectivity index (χ2n) is 8.70. The Morgan fingerprint density at radius 1 is 0.829 bits per heavy atom. The lowest BCUT2D eigenvalue weighted by atomic mass is 9.99. The Bertz CT molecular complexity index is 1640. The third-order valence-electron chi connectivity index (χ3n) is 5.77. The van der Waals surface area contributed by atoms with E-state index in [9.17, 15) is 27.2 Å². The number of carbonyl (C=O) groups is 2. The number of carbonyl (C=O) groups excluding carboxylic acids is 2. The largest absolute Gasteiger partial charge is 0.416 e. The van der Waals surface area contributed by atoms with Crippen LogP contribution in [0.4, 0.5) is 33.7 Å². The van der Waals surface area contributed by atoms with Gasteiger partial charge >= 0.3 is 12.2 Å². The maximum atomic E-state index is 13.8. The summed E-state index contributed by atoms with van der Waals surface area (Å²) in [6, 6.07) is 23.7. The monoisotopic (exact) mass is 559 g/mol. The second-order valence-corrected chi connectivity index (χ2v) is 8.70. The Morgan fingerprint density at radius 3 is 2.24 bits per heavy atom. The van der Waals surface area contributed by atoms with E-state index in [0.717, 1.165) is 12.1 Å². The summed E-state index contributed by atoms with van der Waals surface area (Å²) in [5.74, 6) is -1.31. The smallest absolute Gasteiger partial charge is 0.308 e. The van der Waals surface area contributed by atoms with Gasteiger partial charge < -0.3 is 10.6 Å². The zero-order valence-corrected chi connectivity index (χ0v) is 21.2. The molecule has 0 saturated carbocycles. The standard InChI is InChI=1S/C30H21F4N5O2/c31-25-9-1-2-10-26(25)37-29(41)36-24-8-4-6-22(17-24)28(40)39-38-27(15-19-11-13-20(18-35)14-12-19)21-5-3-7-23(16-21)30(32,33)34/h1-14,16-17H,15H2,(H,39,40)(H2,36,37,41)/b38-27-. The van der Waals surface area contributed by atoms with Gasteiger partial charge in [0.1, 0.15) is 5.82 Å². The summed E-state index contributed by atoms with van der Waals surface area (Å²) in [4.78, 5) is 25.2. The van der Waals surface area contributed by atoms with E-state index in [1.807, 2.05) is 6.07 Å². The first-order valence-corrected chi connectivity index (χ1v) is 12.1. The molecule has 0 saturated heterocycles. The Hall–Kier alpha value is -5.50. The molecule has 0 aliphatic carbocycles. The van der Waals surface area contributed by atoms with E-state index in [1.165, 1.54) is 54.6 Å². The summed E-state index contributed by atoms with van der Waals surface area (Å²) in [7, 11) is 0. The number of hydrazone groups is 1. The average Bonchev–Trinajstić information content (AvgIpc) is 2.96. The van der Waals surface area contributed by atoms with Gasteiger partial charge in [0.25, 0.3) is 5.91 Å². The number of rotatable bonds is 7. The third-order valence-corrected chi connectivity index (χ3v) is 5.77. The summed E-state index contributed by atoms with van der Waals surface area (Å²) >= 11 is 0. The summed E-state index contributed by atoms with van der Waals surface area (Å²) in [5, 5.41) is 18.0. The number of nitrogens with one attached hydrogen (secondary N) is 3. The fourth-order valence-electron chi connectivity index (χ4n) is 3.74. The Labute approximate surface area is 232 Å². The van der Waals surface area contributed by atoms with Crippen molar-refractivity contribution in [3.05, 3.63) is 131 Å². The third kappa shape index (κ3) is 7.77. The van der Waals surface area contributed by atoms with Crippen molar-refractivity contribution in [2.45, 2.75) is 12.6 Å². The van der Waals surface area contributed by atoms with E-state index in [1.54, 1.807) is 30.3 Å². The topological polar surface area (TPSA) is 106 Å². The van der Waals surface area contributed by atoms with Crippen LogP contribution in [0, 0.1) is 17.1 Å². The predicted octanol–water partition coefficient (Wildman–Crippen LogP) is 6.74. The molecule has 0 bridgehead atoms. The summed E-state index contributed by atoms with van der Waals surface area (Å²) in [6.45, 7) is 0. The molecule has 3 N–H and O–H groups in total. The van der Waals surface area contributed by atoms with Gasteiger partial charge in [0.15, 0.2) is 0 Å². The van der Waals surface area contributed by atoms with Crippen LogP contribution in [-0.2, 0) is 12.6 Å². The van der Waals surface area contributed by atoms with E-state index in [4.69, 9.17) is 5.26 Å². The van der Waals surface area contributed by atoms with Gasteiger partial charge in [0, 0.05) is 17.7 Å². The van der Waals surface area contributed by atoms with Gasteiger partial charge in [-0.3, -0.25) is 4.79 Å². The first-order valence-electron chi connectivity index (χ1n) is 12.1. The van der Waals surface area contributed by atoms with Gasteiger partial charge in [0.2, 0.25) is 0 Å². The van der Waals surface area contributed by atoms with Crippen molar-refractivity contribution >= 4 is 29.0 Å². The van der Waals surface area contributed by atoms with Gasteiger partial charge in [-0.1, -0.05) is 42.5 Å². The fraction of sp³-hybridized carbons (Fsp3) is 0.0667. The van der Waals surface area contributed by atoms with Crippen LogP contribution < -0.4 is 16.1 Å². The fourth-order valence-corrected chi connectivity index (χ4v) is 3.74. The summed E-state index contributed by atoms with van der Waals surface area (Å²) < 4.78 is 53.9. The maximum absolute atomic E-state index is 13.8.